The molecule has 0 aromatic heterocycles. The Balaban J connectivity index is 2.61. The smallest absolute Gasteiger partial charge is 0.308 e. The molecule has 2 unspecified atom stereocenters. The SMILES string of the molecule is CCCC(F)OC(=O)CCC(C#N)c1cc(F)ccc1F. The van der Waals surface area contributed by atoms with Crippen LogP contribution < -0.4 is 0 Å². The predicted molar refractivity (Wildman–Crippen MR) is 69.8 cm³/mol. The molecule has 0 saturated heterocycles. The molecule has 0 bridgehead atoms. The van der Waals surface area contributed by atoms with Crippen LogP contribution in [-0.4, -0.2) is 12.3 Å². The summed E-state index contributed by atoms with van der Waals surface area (Å²) < 4.78 is 44.2. The van der Waals surface area contributed by atoms with Crippen molar-refractivity contribution < 1.29 is 22.7 Å². The molecule has 6 heteroatoms. The van der Waals surface area contributed by atoms with Gasteiger partial charge < -0.3 is 4.74 Å². The van der Waals surface area contributed by atoms with E-state index in [1.807, 2.05) is 6.07 Å². The van der Waals surface area contributed by atoms with Crippen molar-refractivity contribution in [1.82, 2.24) is 0 Å². The fraction of sp³-hybridized carbons (Fsp3) is 0.467. The van der Waals surface area contributed by atoms with Crippen LogP contribution in [0.15, 0.2) is 18.2 Å². The Morgan fingerprint density at radius 1 is 1.38 bits per heavy atom. The van der Waals surface area contributed by atoms with Crippen molar-refractivity contribution in [3.8, 4) is 6.07 Å². The third-order valence-corrected chi connectivity index (χ3v) is 2.90. The quantitative estimate of drug-likeness (QED) is 0.715. The van der Waals surface area contributed by atoms with Crippen molar-refractivity contribution in [1.29, 1.82) is 5.26 Å². The molecule has 0 radical (unpaired) electrons. The first-order valence-corrected chi connectivity index (χ1v) is 6.66. The lowest BCUT2D eigenvalue weighted by atomic mass is 9.95. The molecule has 0 aliphatic carbocycles. The van der Waals surface area contributed by atoms with Crippen LogP contribution in [0.25, 0.3) is 0 Å². The highest BCUT2D eigenvalue weighted by molar-refractivity contribution is 5.69. The molecule has 1 aromatic rings. The summed E-state index contributed by atoms with van der Waals surface area (Å²) in [4.78, 5) is 11.4. The molecule has 0 N–H and O–H groups in total. The Labute approximate surface area is 121 Å². The average Bonchev–Trinajstić information content (AvgIpc) is 2.43. The molecule has 0 saturated carbocycles. The van der Waals surface area contributed by atoms with Gasteiger partial charge in [-0.2, -0.15) is 5.26 Å². The molecule has 0 aliphatic heterocycles. The maximum Gasteiger partial charge on any atom is 0.308 e. The number of carbonyl (C=O) groups is 1. The molecular weight excluding hydrogens is 283 g/mol. The van der Waals surface area contributed by atoms with Gasteiger partial charge in [-0.15, -0.1) is 0 Å². The Bertz CT molecular complexity index is 528. The minimum Gasteiger partial charge on any atom is -0.431 e. The van der Waals surface area contributed by atoms with Gasteiger partial charge in [-0.25, -0.2) is 13.2 Å². The van der Waals surface area contributed by atoms with Crippen LogP contribution in [0.5, 0.6) is 0 Å². The zero-order valence-electron chi connectivity index (χ0n) is 11.6. The van der Waals surface area contributed by atoms with Gasteiger partial charge in [0.2, 0.25) is 6.36 Å². The third kappa shape index (κ3) is 5.46. The Morgan fingerprint density at radius 3 is 2.71 bits per heavy atom. The fourth-order valence-corrected chi connectivity index (χ4v) is 1.82. The number of nitrogens with zero attached hydrogens (tertiary/aromatic N) is 1. The molecular formula is C15H16F3NO2. The Morgan fingerprint density at radius 2 is 2.10 bits per heavy atom. The Hall–Kier alpha value is -2.03. The van der Waals surface area contributed by atoms with Crippen molar-refractivity contribution in [3.63, 3.8) is 0 Å². The number of rotatable bonds is 7. The summed E-state index contributed by atoms with van der Waals surface area (Å²) in [6, 6.07) is 4.60. The molecule has 0 aliphatic rings. The molecule has 0 spiro atoms. The van der Waals surface area contributed by atoms with Crippen LogP contribution >= 0.6 is 0 Å². The lowest BCUT2D eigenvalue weighted by Crippen LogP contribution is -2.14. The fourth-order valence-electron chi connectivity index (χ4n) is 1.82. The number of alkyl halides is 1. The van der Waals surface area contributed by atoms with Gasteiger partial charge in [0.05, 0.1) is 12.0 Å². The average molecular weight is 299 g/mol. The van der Waals surface area contributed by atoms with Crippen molar-refractivity contribution >= 4 is 5.97 Å². The van der Waals surface area contributed by atoms with E-state index in [0.29, 0.717) is 6.42 Å². The topological polar surface area (TPSA) is 50.1 Å². The van der Waals surface area contributed by atoms with Gasteiger partial charge in [0.1, 0.15) is 11.6 Å². The van der Waals surface area contributed by atoms with Crippen molar-refractivity contribution in [2.45, 2.75) is 44.9 Å². The number of halogens is 3. The van der Waals surface area contributed by atoms with Crippen LogP contribution in [-0.2, 0) is 9.53 Å². The third-order valence-electron chi connectivity index (χ3n) is 2.90. The standard InChI is InChI=1S/C15H16F3NO2/c1-2-3-14(18)21-15(20)7-4-10(9-19)12-8-11(16)5-6-13(12)17/h5-6,8,10,14H,2-4,7H2,1H3. The molecule has 0 fully saturated rings. The largest absolute Gasteiger partial charge is 0.431 e. The van der Waals surface area contributed by atoms with Crippen molar-refractivity contribution in [2.75, 3.05) is 0 Å². The van der Waals surface area contributed by atoms with E-state index < -0.39 is 29.9 Å². The molecule has 0 amide bonds. The number of hydrogen-bond donors (Lipinski definition) is 0. The van der Waals surface area contributed by atoms with Crippen molar-refractivity contribution in [2.24, 2.45) is 0 Å². The van der Waals surface area contributed by atoms with Gasteiger partial charge >= 0.3 is 5.97 Å². The maximum atomic E-state index is 13.5. The van der Waals surface area contributed by atoms with Crippen molar-refractivity contribution in [3.05, 3.63) is 35.4 Å². The van der Waals surface area contributed by atoms with Gasteiger partial charge in [-0.05, 0) is 31.0 Å². The molecule has 0 heterocycles. The van der Waals surface area contributed by atoms with E-state index in [1.54, 1.807) is 6.92 Å². The summed E-state index contributed by atoms with van der Waals surface area (Å²) in [6.07, 6.45) is -1.34. The number of hydrogen-bond acceptors (Lipinski definition) is 3. The van der Waals surface area contributed by atoms with Gasteiger partial charge in [-0.1, -0.05) is 6.92 Å². The highest BCUT2D eigenvalue weighted by Crippen LogP contribution is 2.24. The highest BCUT2D eigenvalue weighted by atomic mass is 19.1. The second kappa shape index (κ2) is 8.30. The first-order valence-electron chi connectivity index (χ1n) is 6.66. The van der Waals surface area contributed by atoms with E-state index >= 15 is 0 Å². The monoisotopic (exact) mass is 299 g/mol. The minimum absolute atomic E-state index is 0.0610. The Kier molecular flexibility index (Phi) is 6.73. The highest BCUT2D eigenvalue weighted by Gasteiger charge is 2.19. The van der Waals surface area contributed by atoms with Crippen LogP contribution in [0.1, 0.15) is 44.1 Å². The number of esters is 1. The lowest BCUT2D eigenvalue weighted by Gasteiger charge is -2.12. The van der Waals surface area contributed by atoms with E-state index in [1.165, 1.54) is 0 Å². The van der Waals surface area contributed by atoms with Gasteiger partial charge in [0.25, 0.3) is 0 Å². The number of nitriles is 1. The van der Waals surface area contributed by atoms with Crippen LogP contribution in [0, 0.1) is 23.0 Å². The zero-order valence-corrected chi connectivity index (χ0v) is 11.6. The maximum absolute atomic E-state index is 13.5. The summed E-state index contributed by atoms with van der Waals surface area (Å²) in [6.45, 7) is 1.75. The van der Waals surface area contributed by atoms with E-state index in [-0.39, 0.29) is 24.8 Å². The molecule has 3 nitrogen and oxygen atoms in total. The first-order chi connectivity index (χ1) is 9.97. The molecule has 21 heavy (non-hydrogen) atoms. The normalized spacial score (nSPS) is 13.3. The van der Waals surface area contributed by atoms with E-state index in [0.717, 1.165) is 18.2 Å². The van der Waals surface area contributed by atoms with Gasteiger partial charge in [0.15, 0.2) is 0 Å². The van der Waals surface area contributed by atoms with Crippen LogP contribution in [0.3, 0.4) is 0 Å². The minimum atomic E-state index is -1.67. The van der Waals surface area contributed by atoms with Gasteiger partial charge in [0, 0.05) is 18.4 Å². The molecule has 1 aromatic carbocycles. The zero-order chi connectivity index (χ0) is 15.8. The van der Waals surface area contributed by atoms with E-state index in [9.17, 15) is 18.0 Å². The van der Waals surface area contributed by atoms with Gasteiger partial charge in [-0.3, -0.25) is 4.79 Å². The molecule has 1 rings (SSSR count). The van der Waals surface area contributed by atoms with E-state index in [4.69, 9.17) is 5.26 Å². The second-order valence-electron chi connectivity index (χ2n) is 4.57. The second-order valence-corrected chi connectivity index (χ2v) is 4.57. The number of ether oxygens (including phenoxy) is 1. The summed E-state index contributed by atoms with van der Waals surface area (Å²) >= 11 is 0. The summed E-state index contributed by atoms with van der Waals surface area (Å²) in [5.41, 5.74) is -0.115. The van der Waals surface area contributed by atoms with Crippen LogP contribution in [0.2, 0.25) is 0 Å². The molecule has 2 atom stereocenters. The summed E-state index contributed by atoms with van der Waals surface area (Å²) in [5.74, 6) is -3.17. The van der Waals surface area contributed by atoms with Crippen LogP contribution in [0.4, 0.5) is 13.2 Å². The number of benzene rings is 1. The first kappa shape index (κ1) is 17.0. The predicted octanol–water partition coefficient (Wildman–Crippen LogP) is 3.99. The number of carbonyl (C=O) groups excluding carboxylic acids is 1. The molecule has 114 valence electrons. The lowest BCUT2D eigenvalue weighted by molar-refractivity contribution is -0.158. The van der Waals surface area contributed by atoms with E-state index in [2.05, 4.69) is 4.74 Å². The summed E-state index contributed by atoms with van der Waals surface area (Å²) in [5, 5.41) is 9.01. The summed E-state index contributed by atoms with van der Waals surface area (Å²) in [7, 11) is 0.